The highest BCUT2D eigenvalue weighted by molar-refractivity contribution is 5.70. The Balaban J connectivity index is 2.21. The molecule has 2 aromatic carbocycles. The van der Waals surface area contributed by atoms with Crippen molar-refractivity contribution < 1.29 is 18.3 Å². The average molecular weight is 365 g/mol. The SMILES string of the molecule is CCOc1cc(CNc2ccc(F)cc2N(CCF)N=O)ccc1OC. The summed E-state index contributed by atoms with van der Waals surface area (Å²) >= 11 is 0. The van der Waals surface area contributed by atoms with E-state index in [-0.39, 0.29) is 12.2 Å². The lowest BCUT2D eigenvalue weighted by Gasteiger charge is -2.19. The molecule has 0 radical (unpaired) electrons. The maximum atomic E-state index is 13.5. The Morgan fingerprint density at radius 3 is 2.65 bits per heavy atom. The van der Waals surface area contributed by atoms with Gasteiger partial charge in [0, 0.05) is 12.6 Å². The summed E-state index contributed by atoms with van der Waals surface area (Å²) in [5.41, 5.74) is 1.53. The molecule has 0 heterocycles. The van der Waals surface area contributed by atoms with Crippen LogP contribution in [-0.4, -0.2) is 26.9 Å². The Hall–Kier alpha value is -2.90. The van der Waals surface area contributed by atoms with E-state index in [9.17, 15) is 13.7 Å². The van der Waals surface area contributed by atoms with Crippen LogP contribution < -0.4 is 19.8 Å². The predicted molar refractivity (Wildman–Crippen MR) is 97.0 cm³/mol. The molecule has 0 atom stereocenters. The first-order valence-electron chi connectivity index (χ1n) is 8.12. The van der Waals surface area contributed by atoms with Crippen LogP contribution in [0.15, 0.2) is 41.7 Å². The summed E-state index contributed by atoms with van der Waals surface area (Å²) in [4.78, 5) is 10.9. The number of methoxy groups -OCH3 is 1. The third-order valence-corrected chi connectivity index (χ3v) is 3.64. The van der Waals surface area contributed by atoms with E-state index in [1.54, 1.807) is 13.2 Å². The molecule has 0 aromatic heterocycles. The highest BCUT2D eigenvalue weighted by Crippen LogP contribution is 2.30. The molecule has 0 aliphatic carbocycles. The van der Waals surface area contributed by atoms with Crippen LogP contribution >= 0.6 is 0 Å². The predicted octanol–water partition coefficient (Wildman–Crippen LogP) is 4.30. The van der Waals surface area contributed by atoms with Gasteiger partial charge in [0.15, 0.2) is 11.5 Å². The van der Waals surface area contributed by atoms with Gasteiger partial charge >= 0.3 is 0 Å². The summed E-state index contributed by atoms with van der Waals surface area (Å²) in [6.07, 6.45) is 0. The van der Waals surface area contributed by atoms with Crippen molar-refractivity contribution in [3.63, 3.8) is 0 Å². The number of halogens is 2. The molecule has 2 aromatic rings. The standard InChI is InChI=1S/C18H21F2N3O3/c1-3-26-18-10-13(4-7-17(18)25-2)12-21-15-6-5-14(20)11-16(15)23(22-24)9-8-19/h4-7,10-11,21H,3,8-9,12H2,1-2H3. The van der Waals surface area contributed by atoms with Gasteiger partial charge in [-0.25, -0.2) is 13.8 Å². The van der Waals surface area contributed by atoms with Crippen molar-refractivity contribution in [2.24, 2.45) is 5.29 Å². The van der Waals surface area contributed by atoms with E-state index < -0.39 is 12.5 Å². The minimum absolute atomic E-state index is 0.177. The summed E-state index contributed by atoms with van der Waals surface area (Å²) < 4.78 is 36.9. The van der Waals surface area contributed by atoms with Gasteiger partial charge in [0.2, 0.25) is 0 Å². The zero-order valence-electron chi connectivity index (χ0n) is 14.7. The zero-order chi connectivity index (χ0) is 18.9. The Morgan fingerprint density at radius 2 is 2.00 bits per heavy atom. The number of alkyl halides is 1. The number of nitrogens with zero attached hydrogens (tertiary/aromatic N) is 2. The highest BCUT2D eigenvalue weighted by Gasteiger charge is 2.14. The number of nitrogens with one attached hydrogen (secondary N) is 1. The fraction of sp³-hybridized carbons (Fsp3) is 0.333. The lowest BCUT2D eigenvalue weighted by molar-refractivity contribution is 0.310. The van der Waals surface area contributed by atoms with E-state index in [4.69, 9.17) is 9.47 Å². The van der Waals surface area contributed by atoms with Gasteiger partial charge in [0.1, 0.15) is 12.5 Å². The van der Waals surface area contributed by atoms with Crippen LogP contribution in [0.3, 0.4) is 0 Å². The maximum Gasteiger partial charge on any atom is 0.161 e. The van der Waals surface area contributed by atoms with E-state index in [0.717, 1.165) is 16.6 Å². The molecule has 0 unspecified atom stereocenters. The Bertz CT molecular complexity index is 744. The van der Waals surface area contributed by atoms with Crippen molar-refractivity contribution in [1.82, 2.24) is 0 Å². The summed E-state index contributed by atoms with van der Waals surface area (Å²) in [7, 11) is 1.56. The van der Waals surface area contributed by atoms with Crippen LogP contribution in [0.2, 0.25) is 0 Å². The minimum atomic E-state index is -0.780. The zero-order valence-corrected chi connectivity index (χ0v) is 14.7. The van der Waals surface area contributed by atoms with E-state index in [2.05, 4.69) is 10.6 Å². The van der Waals surface area contributed by atoms with Gasteiger partial charge in [-0.05, 0) is 36.8 Å². The Labute approximate surface area is 150 Å². The molecule has 0 aliphatic heterocycles. The number of nitroso groups, excluding NO2 is 1. The van der Waals surface area contributed by atoms with E-state index in [1.165, 1.54) is 12.1 Å². The van der Waals surface area contributed by atoms with Crippen LogP contribution in [0.4, 0.5) is 20.2 Å². The van der Waals surface area contributed by atoms with Crippen LogP contribution in [0, 0.1) is 10.7 Å². The molecule has 0 saturated heterocycles. The van der Waals surface area contributed by atoms with Crippen LogP contribution in [0.1, 0.15) is 12.5 Å². The third kappa shape index (κ3) is 4.81. The van der Waals surface area contributed by atoms with E-state index >= 15 is 0 Å². The second-order valence-corrected chi connectivity index (χ2v) is 5.33. The monoisotopic (exact) mass is 365 g/mol. The van der Waals surface area contributed by atoms with Gasteiger partial charge in [0.25, 0.3) is 0 Å². The smallest absolute Gasteiger partial charge is 0.161 e. The van der Waals surface area contributed by atoms with Gasteiger partial charge in [-0.2, -0.15) is 0 Å². The molecular weight excluding hydrogens is 344 g/mol. The van der Waals surface area contributed by atoms with Crippen molar-refractivity contribution in [3.8, 4) is 11.5 Å². The topological polar surface area (TPSA) is 63.2 Å². The van der Waals surface area contributed by atoms with Crippen LogP contribution in [-0.2, 0) is 6.54 Å². The van der Waals surface area contributed by atoms with Gasteiger partial charge < -0.3 is 14.8 Å². The summed E-state index contributed by atoms with van der Waals surface area (Å²) in [6.45, 7) is 1.72. The van der Waals surface area contributed by atoms with Gasteiger partial charge in [0.05, 0.1) is 36.9 Å². The number of hydrogen-bond donors (Lipinski definition) is 1. The molecule has 1 N–H and O–H groups in total. The second kappa shape index (κ2) is 9.55. The first-order valence-corrected chi connectivity index (χ1v) is 8.12. The first kappa shape index (κ1) is 19.4. The second-order valence-electron chi connectivity index (χ2n) is 5.33. The van der Waals surface area contributed by atoms with Gasteiger partial charge in [-0.3, -0.25) is 0 Å². The molecule has 0 bridgehead atoms. The molecule has 0 saturated carbocycles. The number of rotatable bonds is 10. The molecule has 0 fully saturated rings. The molecular formula is C18H21F2N3O3. The fourth-order valence-electron chi connectivity index (χ4n) is 2.45. The van der Waals surface area contributed by atoms with Gasteiger partial charge in [-0.15, -0.1) is 4.91 Å². The summed E-state index contributed by atoms with van der Waals surface area (Å²) in [5, 5.41) is 6.76. The normalized spacial score (nSPS) is 10.3. The molecule has 8 heteroatoms. The molecule has 6 nitrogen and oxygen atoms in total. The van der Waals surface area contributed by atoms with Crippen LogP contribution in [0.5, 0.6) is 11.5 Å². The Morgan fingerprint density at radius 1 is 1.19 bits per heavy atom. The average Bonchev–Trinajstić information content (AvgIpc) is 2.65. The molecule has 0 amide bonds. The number of hydrogen-bond acceptors (Lipinski definition) is 5. The maximum absolute atomic E-state index is 13.5. The summed E-state index contributed by atoms with van der Waals surface area (Å²) in [6, 6.07) is 9.34. The van der Waals surface area contributed by atoms with E-state index in [0.29, 0.717) is 30.3 Å². The largest absolute Gasteiger partial charge is 0.493 e. The van der Waals surface area contributed by atoms with Crippen molar-refractivity contribution in [1.29, 1.82) is 0 Å². The van der Waals surface area contributed by atoms with Crippen LogP contribution in [0.25, 0.3) is 0 Å². The fourth-order valence-corrected chi connectivity index (χ4v) is 2.45. The number of anilines is 2. The summed E-state index contributed by atoms with van der Waals surface area (Å²) in [5.74, 6) is 0.695. The van der Waals surface area contributed by atoms with Crippen molar-refractivity contribution >= 4 is 11.4 Å². The van der Waals surface area contributed by atoms with Crippen molar-refractivity contribution in [3.05, 3.63) is 52.7 Å². The lowest BCUT2D eigenvalue weighted by atomic mass is 10.2. The highest BCUT2D eigenvalue weighted by atomic mass is 19.1. The van der Waals surface area contributed by atoms with Crippen molar-refractivity contribution in [2.75, 3.05) is 37.3 Å². The van der Waals surface area contributed by atoms with Crippen molar-refractivity contribution in [2.45, 2.75) is 13.5 Å². The Kier molecular flexibility index (Phi) is 7.13. The molecule has 0 aliphatic rings. The molecule has 2 rings (SSSR count). The van der Waals surface area contributed by atoms with E-state index in [1.807, 2.05) is 19.1 Å². The molecule has 26 heavy (non-hydrogen) atoms. The lowest BCUT2D eigenvalue weighted by Crippen LogP contribution is -2.20. The molecule has 140 valence electrons. The first-order chi connectivity index (χ1) is 12.6. The minimum Gasteiger partial charge on any atom is -0.493 e. The number of benzene rings is 2. The third-order valence-electron chi connectivity index (χ3n) is 3.64. The quantitative estimate of drug-likeness (QED) is 0.502. The number of ether oxygens (including phenoxy) is 2. The van der Waals surface area contributed by atoms with Gasteiger partial charge in [-0.1, -0.05) is 6.07 Å². The molecule has 0 spiro atoms.